The predicted octanol–water partition coefficient (Wildman–Crippen LogP) is 4.65. The number of amides is 2. The summed E-state index contributed by atoms with van der Waals surface area (Å²) in [5, 5.41) is 13.7. The van der Waals surface area contributed by atoms with Crippen LogP contribution in [0.2, 0.25) is 0 Å². The molecule has 0 aliphatic rings. The van der Waals surface area contributed by atoms with Crippen LogP contribution in [0.25, 0.3) is 11.0 Å². The Morgan fingerprint density at radius 2 is 1.75 bits per heavy atom. The molecule has 1 heterocycles. The lowest BCUT2D eigenvalue weighted by Crippen LogP contribution is -2.21. The molecule has 0 fully saturated rings. The molecule has 4 rings (SSSR count). The van der Waals surface area contributed by atoms with Crippen LogP contribution in [-0.2, 0) is 0 Å². The quantitative estimate of drug-likeness (QED) is 0.459. The van der Waals surface area contributed by atoms with Crippen molar-refractivity contribution in [3.05, 3.63) is 95.3 Å². The van der Waals surface area contributed by atoms with Crippen LogP contribution in [0.3, 0.4) is 0 Å². The van der Waals surface area contributed by atoms with E-state index in [1.807, 2.05) is 6.07 Å². The summed E-state index contributed by atoms with van der Waals surface area (Å²) in [6.45, 7) is 0. The van der Waals surface area contributed by atoms with Crippen LogP contribution < -0.4 is 10.6 Å². The average molecular weight is 429 g/mol. The number of hydrogen-bond donors (Lipinski definition) is 2. The van der Waals surface area contributed by atoms with Gasteiger partial charge in [-0.25, -0.2) is 18.6 Å². The largest absolute Gasteiger partial charge is 0.323 e. The standard InChI is InChI=1S/C23H13F2N5O2/c24-14-3-1-4-15(10-14)29-23(32)30-19-6-2-5-17(21(19)25)22(31)13-7-8-18-20(9-13)28-16(11-26)12-27-18/h1-10,12H,(H2,29,30,32). The fraction of sp³-hybridized carbons (Fsp3) is 0. The van der Waals surface area contributed by atoms with Crippen LogP contribution in [-0.4, -0.2) is 21.8 Å². The Hall–Kier alpha value is -4.71. The van der Waals surface area contributed by atoms with Crippen molar-refractivity contribution in [3.63, 3.8) is 0 Å². The summed E-state index contributed by atoms with van der Waals surface area (Å²) in [6.07, 6.45) is 1.31. The van der Waals surface area contributed by atoms with Crippen molar-refractivity contribution in [2.75, 3.05) is 10.6 Å². The Kier molecular flexibility index (Phi) is 5.51. The van der Waals surface area contributed by atoms with Crippen LogP contribution in [0.5, 0.6) is 0 Å². The van der Waals surface area contributed by atoms with Gasteiger partial charge in [0.25, 0.3) is 0 Å². The Balaban J connectivity index is 1.59. The highest BCUT2D eigenvalue weighted by Crippen LogP contribution is 2.23. The third kappa shape index (κ3) is 4.24. The molecular weight excluding hydrogens is 416 g/mol. The molecule has 3 aromatic carbocycles. The number of nitrogens with one attached hydrogen (secondary N) is 2. The molecule has 2 amide bonds. The van der Waals surface area contributed by atoms with Crippen molar-refractivity contribution in [2.45, 2.75) is 0 Å². The third-order valence-electron chi connectivity index (χ3n) is 4.49. The molecule has 9 heteroatoms. The maximum Gasteiger partial charge on any atom is 0.323 e. The first kappa shape index (κ1) is 20.6. The normalized spacial score (nSPS) is 10.4. The molecule has 0 bridgehead atoms. The number of hydrogen-bond acceptors (Lipinski definition) is 5. The van der Waals surface area contributed by atoms with Gasteiger partial charge in [0.1, 0.15) is 11.9 Å². The molecule has 0 saturated carbocycles. The van der Waals surface area contributed by atoms with Gasteiger partial charge in [-0.05, 0) is 48.5 Å². The zero-order valence-corrected chi connectivity index (χ0v) is 16.3. The first-order valence-electron chi connectivity index (χ1n) is 9.28. The highest BCUT2D eigenvalue weighted by molar-refractivity contribution is 6.11. The molecule has 0 radical (unpaired) electrons. The fourth-order valence-electron chi connectivity index (χ4n) is 3.02. The van der Waals surface area contributed by atoms with Gasteiger partial charge in [-0.1, -0.05) is 12.1 Å². The molecule has 0 unspecified atom stereocenters. The van der Waals surface area contributed by atoms with Gasteiger partial charge in [0.15, 0.2) is 17.3 Å². The third-order valence-corrected chi connectivity index (χ3v) is 4.49. The van der Waals surface area contributed by atoms with Crippen LogP contribution in [0.4, 0.5) is 25.0 Å². The zero-order chi connectivity index (χ0) is 22.7. The van der Waals surface area contributed by atoms with E-state index in [4.69, 9.17) is 5.26 Å². The van der Waals surface area contributed by atoms with Gasteiger partial charge < -0.3 is 10.6 Å². The fourth-order valence-corrected chi connectivity index (χ4v) is 3.02. The lowest BCUT2D eigenvalue weighted by atomic mass is 10.0. The van der Waals surface area contributed by atoms with E-state index in [0.29, 0.717) is 11.0 Å². The number of ketones is 1. The van der Waals surface area contributed by atoms with E-state index < -0.39 is 23.4 Å². The van der Waals surface area contributed by atoms with Gasteiger partial charge in [-0.15, -0.1) is 0 Å². The summed E-state index contributed by atoms with van der Waals surface area (Å²) >= 11 is 0. The summed E-state index contributed by atoms with van der Waals surface area (Å²) < 4.78 is 28.3. The minimum atomic E-state index is -0.927. The lowest BCUT2D eigenvalue weighted by Gasteiger charge is -2.11. The highest BCUT2D eigenvalue weighted by Gasteiger charge is 2.19. The molecule has 0 aliphatic heterocycles. The number of carbonyl (C=O) groups is 2. The summed E-state index contributed by atoms with van der Waals surface area (Å²) in [6, 6.07) is 14.7. The predicted molar refractivity (Wildman–Crippen MR) is 113 cm³/mol. The second-order valence-electron chi connectivity index (χ2n) is 6.66. The van der Waals surface area contributed by atoms with Gasteiger partial charge in [0, 0.05) is 11.3 Å². The van der Waals surface area contributed by atoms with E-state index in [0.717, 1.165) is 6.07 Å². The Morgan fingerprint density at radius 1 is 0.938 bits per heavy atom. The number of fused-ring (bicyclic) bond motifs is 1. The number of rotatable bonds is 4. The average Bonchev–Trinajstić information content (AvgIpc) is 2.79. The second kappa shape index (κ2) is 8.57. The molecule has 2 N–H and O–H groups in total. The molecule has 1 aromatic heterocycles. The molecule has 0 spiro atoms. The van der Waals surface area contributed by atoms with E-state index in [1.165, 1.54) is 54.7 Å². The maximum absolute atomic E-state index is 15.0. The van der Waals surface area contributed by atoms with Crippen molar-refractivity contribution >= 4 is 34.2 Å². The Morgan fingerprint density at radius 3 is 2.53 bits per heavy atom. The summed E-state index contributed by atoms with van der Waals surface area (Å²) in [7, 11) is 0. The molecule has 0 aliphatic carbocycles. The van der Waals surface area contributed by atoms with Gasteiger partial charge in [-0.3, -0.25) is 9.78 Å². The number of benzene rings is 3. The van der Waals surface area contributed by atoms with Gasteiger partial charge in [0.05, 0.1) is 28.5 Å². The van der Waals surface area contributed by atoms with Gasteiger partial charge in [0.2, 0.25) is 0 Å². The van der Waals surface area contributed by atoms with Crippen LogP contribution in [0.1, 0.15) is 21.6 Å². The zero-order valence-electron chi connectivity index (χ0n) is 16.3. The minimum Gasteiger partial charge on any atom is -0.308 e. The molecule has 0 atom stereocenters. The van der Waals surface area contributed by atoms with Crippen molar-refractivity contribution < 1.29 is 18.4 Å². The Labute approximate surface area is 180 Å². The number of urea groups is 1. The molecule has 156 valence electrons. The van der Waals surface area contributed by atoms with E-state index in [1.54, 1.807) is 6.07 Å². The molecule has 4 aromatic rings. The molecule has 7 nitrogen and oxygen atoms in total. The van der Waals surface area contributed by atoms with Crippen molar-refractivity contribution in [2.24, 2.45) is 0 Å². The maximum atomic E-state index is 15.0. The molecular formula is C23H13F2N5O2. The monoisotopic (exact) mass is 429 g/mol. The van der Waals surface area contributed by atoms with Crippen LogP contribution in [0.15, 0.2) is 66.9 Å². The molecule has 0 saturated heterocycles. The number of carbonyl (C=O) groups excluding carboxylic acids is 2. The number of nitrogens with zero attached hydrogens (tertiary/aromatic N) is 3. The van der Waals surface area contributed by atoms with Gasteiger partial charge in [-0.2, -0.15) is 5.26 Å². The van der Waals surface area contributed by atoms with Crippen LogP contribution in [0, 0.1) is 23.0 Å². The second-order valence-corrected chi connectivity index (χ2v) is 6.66. The van der Waals surface area contributed by atoms with Crippen molar-refractivity contribution in [1.29, 1.82) is 5.26 Å². The van der Waals surface area contributed by atoms with E-state index >= 15 is 4.39 Å². The smallest absolute Gasteiger partial charge is 0.308 e. The first-order chi connectivity index (χ1) is 15.4. The summed E-state index contributed by atoms with van der Waals surface area (Å²) in [5.74, 6) is -2.10. The van der Waals surface area contributed by atoms with Crippen LogP contribution >= 0.6 is 0 Å². The number of aromatic nitrogens is 2. The lowest BCUT2D eigenvalue weighted by molar-refractivity contribution is 0.103. The Bertz CT molecular complexity index is 1420. The van der Waals surface area contributed by atoms with Crippen molar-refractivity contribution in [3.8, 4) is 6.07 Å². The van der Waals surface area contributed by atoms with E-state index in [2.05, 4.69) is 20.6 Å². The first-order valence-corrected chi connectivity index (χ1v) is 9.28. The number of halogens is 2. The number of nitriles is 1. The van der Waals surface area contributed by atoms with E-state index in [9.17, 15) is 14.0 Å². The van der Waals surface area contributed by atoms with E-state index in [-0.39, 0.29) is 28.2 Å². The minimum absolute atomic E-state index is 0.0868. The SMILES string of the molecule is N#Cc1cnc2ccc(C(=O)c3cccc(NC(=O)Nc4cccc(F)c4)c3F)cc2n1. The van der Waals surface area contributed by atoms with Gasteiger partial charge >= 0.3 is 6.03 Å². The topological polar surface area (TPSA) is 108 Å². The van der Waals surface area contributed by atoms with Crippen molar-refractivity contribution in [1.82, 2.24) is 9.97 Å². The molecule has 32 heavy (non-hydrogen) atoms. The highest BCUT2D eigenvalue weighted by atomic mass is 19.1. The summed E-state index contributed by atoms with van der Waals surface area (Å²) in [4.78, 5) is 33.2. The number of anilines is 2. The summed E-state index contributed by atoms with van der Waals surface area (Å²) in [5.41, 5.74) is 0.717.